The third kappa shape index (κ3) is 1.93. The lowest BCUT2D eigenvalue weighted by atomic mass is 10.4. The van der Waals surface area contributed by atoms with E-state index >= 15 is 0 Å². The largest absolute Gasteiger partial charge is 0.388 e. The lowest BCUT2D eigenvalue weighted by Gasteiger charge is -2.00. The Hall–Kier alpha value is -1.14. The number of hydrogen-bond acceptors (Lipinski definition) is 4. The van der Waals surface area contributed by atoms with Crippen molar-refractivity contribution in [3.8, 4) is 0 Å². The van der Waals surface area contributed by atoms with Gasteiger partial charge in [-0.3, -0.25) is 0 Å². The molecular weight excluding hydrogens is 178 g/mol. The molecule has 0 aromatic carbocycles. The molecule has 1 heterocycles. The molecule has 1 rings (SSSR count). The topological polar surface area (TPSA) is 85.1 Å². The van der Waals surface area contributed by atoms with E-state index in [1.54, 1.807) is 13.1 Å². The van der Waals surface area contributed by atoms with Crippen LogP contribution in [0, 0.1) is 0 Å². The summed E-state index contributed by atoms with van der Waals surface area (Å²) in [6, 6.07) is 3.02. The summed E-state index contributed by atoms with van der Waals surface area (Å²) in [6.07, 6.45) is 1.38. The van der Waals surface area contributed by atoms with E-state index in [1.807, 2.05) is 0 Å². The van der Waals surface area contributed by atoms with Crippen LogP contribution in [-0.4, -0.2) is 20.4 Å². The Bertz CT molecular complexity index is 374. The molecule has 12 heavy (non-hydrogen) atoms. The van der Waals surface area contributed by atoms with Crippen LogP contribution in [-0.2, 0) is 10.0 Å². The highest BCUT2D eigenvalue weighted by Crippen LogP contribution is 2.09. The zero-order valence-electron chi connectivity index (χ0n) is 6.48. The van der Waals surface area contributed by atoms with Crippen LogP contribution >= 0.6 is 0 Å². The van der Waals surface area contributed by atoms with E-state index in [0.717, 1.165) is 0 Å². The maximum Gasteiger partial charge on any atom is 0.255 e. The van der Waals surface area contributed by atoms with Gasteiger partial charge < -0.3 is 5.32 Å². The summed E-state index contributed by atoms with van der Waals surface area (Å²) >= 11 is 0. The predicted molar refractivity (Wildman–Crippen MR) is 45.2 cm³/mol. The first-order valence-electron chi connectivity index (χ1n) is 3.20. The Labute approximate surface area is 70.7 Å². The molecule has 0 aliphatic carbocycles. The zero-order valence-corrected chi connectivity index (χ0v) is 7.30. The minimum Gasteiger partial charge on any atom is -0.388 e. The molecule has 0 bridgehead atoms. The maximum absolute atomic E-state index is 10.8. The molecule has 6 heteroatoms. The second-order valence-corrected chi connectivity index (χ2v) is 3.69. The van der Waals surface area contributed by atoms with Crippen molar-refractivity contribution < 1.29 is 8.42 Å². The third-order valence-corrected chi connectivity index (χ3v) is 2.12. The van der Waals surface area contributed by atoms with Gasteiger partial charge in [-0.05, 0) is 6.07 Å². The lowest BCUT2D eigenvalue weighted by molar-refractivity contribution is 0.594. The van der Waals surface area contributed by atoms with E-state index < -0.39 is 10.0 Å². The van der Waals surface area contributed by atoms with E-state index in [-0.39, 0.29) is 5.03 Å². The molecule has 0 unspecified atom stereocenters. The number of primary sulfonamides is 1. The molecule has 0 radical (unpaired) electrons. The van der Waals surface area contributed by atoms with Crippen LogP contribution in [0.4, 0.5) is 5.69 Å². The van der Waals surface area contributed by atoms with Crippen LogP contribution in [0.1, 0.15) is 0 Å². The van der Waals surface area contributed by atoms with Crippen LogP contribution in [0.5, 0.6) is 0 Å². The molecule has 1 aromatic heterocycles. The van der Waals surface area contributed by atoms with Gasteiger partial charge in [-0.2, -0.15) is 0 Å². The van der Waals surface area contributed by atoms with Gasteiger partial charge in [0.15, 0.2) is 5.03 Å². The first kappa shape index (κ1) is 8.95. The van der Waals surface area contributed by atoms with Gasteiger partial charge in [-0.15, -0.1) is 0 Å². The van der Waals surface area contributed by atoms with Gasteiger partial charge in [0.2, 0.25) is 0 Å². The van der Waals surface area contributed by atoms with Gasteiger partial charge in [-0.25, -0.2) is 18.5 Å². The zero-order chi connectivity index (χ0) is 9.19. The summed E-state index contributed by atoms with van der Waals surface area (Å²) in [5, 5.41) is 7.51. The van der Waals surface area contributed by atoms with Crippen molar-refractivity contribution in [2.45, 2.75) is 5.03 Å². The molecule has 0 aliphatic heterocycles. The Morgan fingerprint density at radius 1 is 1.58 bits per heavy atom. The van der Waals surface area contributed by atoms with Gasteiger partial charge >= 0.3 is 0 Å². The van der Waals surface area contributed by atoms with Crippen molar-refractivity contribution in [2.24, 2.45) is 5.14 Å². The van der Waals surface area contributed by atoms with E-state index in [4.69, 9.17) is 5.14 Å². The van der Waals surface area contributed by atoms with Crippen molar-refractivity contribution in [1.82, 2.24) is 4.98 Å². The van der Waals surface area contributed by atoms with Crippen molar-refractivity contribution in [2.75, 3.05) is 12.4 Å². The Morgan fingerprint density at radius 2 is 2.25 bits per heavy atom. The maximum atomic E-state index is 10.8. The number of sulfonamides is 1. The highest BCUT2D eigenvalue weighted by atomic mass is 32.2. The van der Waals surface area contributed by atoms with Gasteiger partial charge in [0.05, 0.1) is 0 Å². The smallest absolute Gasteiger partial charge is 0.255 e. The van der Waals surface area contributed by atoms with Crippen LogP contribution in [0.2, 0.25) is 0 Å². The molecule has 66 valence electrons. The first-order chi connectivity index (χ1) is 5.54. The summed E-state index contributed by atoms with van der Waals surface area (Å²) in [5.41, 5.74) is 0.661. The highest BCUT2D eigenvalue weighted by molar-refractivity contribution is 7.89. The molecule has 0 atom stereocenters. The minimum absolute atomic E-state index is 0.130. The quantitative estimate of drug-likeness (QED) is 0.669. The lowest BCUT2D eigenvalue weighted by Crippen LogP contribution is -2.13. The van der Waals surface area contributed by atoms with Crippen molar-refractivity contribution >= 4 is 15.7 Å². The number of nitrogens with zero attached hydrogens (tertiary/aromatic N) is 1. The molecule has 0 spiro atoms. The third-order valence-electron chi connectivity index (χ3n) is 1.32. The van der Waals surface area contributed by atoms with Gasteiger partial charge in [0, 0.05) is 25.0 Å². The predicted octanol–water partition coefficient (Wildman–Crippen LogP) is -0.229. The number of hydrogen-bond donors (Lipinski definition) is 2. The number of nitrogens with two attached hydrogens (primary N) is 1. The number of pyridine rings is 1. The second kappa shape index (κ2) is 3.08. The fourth-order valence-electron chi connectivity index (χ4n) is 0.721. The Morgan fingerprint density at radius 3 is 2.75 bits per heavy atom. The molecular formula is C6H9N3O2S. The van der Waals surface area contributed by atoms with Gasteiger partial charge in [0.25, 0.3) is 10.0 Å². The summed E-state index contributed by atoms with van der Waals surface area (Å²) in [7, 11) is -2.00. The number of anilines is 1. The first-order valence-corrected chi connectivity index (χ1v) is 4.75. The fraction of sp³-hybridized carbons (Fsp3) is 0.167. The minimum atomic E-state index is -3.69. The SMILES string of the molecule is CNc1ccnc(S(N)(=O)=O)c1. The van der Waals surface area contributed by atoms with Gasteiger partial charge in [0.1, 0.15) is 0 Å². The molecule has 5 nitrogen and oxygen atoms in total. The summed E-state index contributed by atoms with van der Waals surface area (Å²) in [5.74, 6) is 0. The Balaban J connectivity index is 3.20. The van der Waals surface area contributed by atoms with E-state index in [1.165, 1.54) is 12.3 Å². The summed E-state index contributed by atoms with van der Waals surface area (Å²) < 4.78 is 21.6. The molecule has 0 fully saturated rings. The molecule has 0 aliphatic rings. The van der Waals surface area contributed by atoms with E-state index in [0.29, 0.717) is 5.69 Å². The normalized spacial score (nSPS) is 11.2. The monoisotopic (exact) mass is 187 g/mol. The number of nitrogens with one attached hydrogen (secondary N) is 1. The van der Waals surface area contributed by atoms with Crippen molar-refractivity contribution in [3.63, 3.8) is 0 Å². The average Bonchev–Trinajstić information content (AvgIpc) is 2.03. The Kier molecular flexibility index (Phi) is 2.30. The highest BCUT2D eigenvalue weighted by Gasteiger charge is 2.08. The summed E-state index contributed by atoms with van der Waals surface area (Å²) in [4.78, 5) is 3.61. The van der Waals surface area contributed by atoms with Gasteiger partial charge in [-0.1, -0.05) is 0 Å². The fourth-order valence-corrected chi connectivity index (χ4v) is 1.22. The van der Waals surface area contributed by atoms with Crippen LogP contribution in [0.15, 0.2) is 23.4 Å². The number of aromatic nitrogens is 1. The van der Waals surface area contributed by atoms with E-state index in [9.17, 15) is 8.42 Å². The summed E-state index contributed by atoms with van der Waals surface area (Å²) in [6.45, 7) is 0. The van der Waals surface area contributed by atoms with Crippen LogP contribution < -0.4 is 10.5 Å². The van der Waals surface area contributed by atoms with Crippen LogP contribution in [0.25, 0.3) is 0 Å². The number of rotatable bonds is 2. The standard InChI is InChI=1S/C6H9N3O2S/c1-8-5-2-3-9-6(4-5)12(7,10)11/h2-4H,1H3,(H,8,9)(H2,7,10,11). The average molecular weight is 187 g/mol. The van der Waals surface area contributed by atoms with Crippen LogP contribution in [0.3, 0.4) is 0 Å². The molecule has 3 N–H and O–H groups in total. The van der Waals surface area contributed by atoms with Crippen molar-refractivity contribution in [1.29, 1.82) is 0 Å². The molecule has 0 saturated carbocycles. The molecule has 0 amide bonds. The second-order valence-electron chi connectivity index (χ2n) is 2.18. The molecule has 1 aromatic rings. The van der Waals surface area contributed by atoms with Crippen molar-refractivity contribution in [3.05, 3.63) is 18.3 Å². The molecule has 0 saturated heterocycles. The van der Waals surface area contributed by atoms with E-state index in [2.05, 4.69) is 10.3 Å².